The summed E-state index contributed by atoms with van der Waals surface area (Å²) in [5.41, 5.74) is 4.68. The summed E-state index contributed by atoms with van der Waals surface area (Å²) in [4.78, 5) is 2.63. The number of aromatic nitrogens is 1. The predicted molar refractivity (Wildman–Crippen MR) is 84.7 cm³/mol. The van der Waals surface area contributed by atoms with Crippen LogP contribution in [-0.4, -0.2) is 18.0 Å². The van der Waals surface area contributed by atoms with Gasteiger partial charge in [-0.2, -0.15) is 4.57 Å². The van der Waals surface area contributed by atoms with Crippen molar-refractivity contribution >= 4 is 27.1 Å². The predicted octanol–water partition coefficient (Wildman–Crippen LogP) is -0.947. The van der Waals surface area contributed by atoms with E-state index in [1.165, 1.54) is 54.0 Å². The van der Waals surface area contributed by atoms with E-state index in [1.807, 2.05) is 11.3 Å². The van der Waals surface area contributed by atoms with Gasteiger partial charge in [-0.3, -0.25) is 0 Å². The molecule has 0 bridgehead atoms. The van der Waals surface area contributed by atoms with Crippen molar-refractivity contribution in [2.45, 2.75) is 39.2 Å². The fourth-order valence-corrected chi connectivity index (χ4v) is 5.03. The Morgan fingerprint density at radius 3 is 2.40 bits per heavy atom. The maximum absolute atomic E-state index is 8.49. The van der Waals surface area contributed by atoms with Gasteiger partial charge in [0, 0.05) is 24.9 Å². The Morgan fingerprint density at radius 1 is 1.08 bits per heavy atom. The summed E-state index contributed by atoms with van der Waals surface area (Å²) in [6, 6.07) is 8.84. The first-order valence-corrected chi connectivity index (χ1v) is 10.4. The highest BCUT2D eigenvalue weighted by atomic mass is 35.7. The lowest BCUT2D eigenvalue weighted by Crippen LogP contribution is -2.68. The number of aryl methyl sites for hydroxylation is 1. The summed E-state index contributed by atoms with van der Waals surface area (Å²) >= 11 is 1.98. The topological polar surface area (TPSA) is 99.4 Å². The molecular weight excluding hydrogens is 364 g/mol. The zero-order valence-corrected chi connectivity index (χ0v) is 15.6. The number of hydrogen-bond donors (Lipinski definition) is 0. The molecule has 0 unspecified atom stereocenters. The van der Waals surface area contributed by atoms with Gasteiger partial charge in [0.25, 0.3) is 5.01 Å². The molecule has 136 valence electrons. The molecule has 0 atom stereocenters. The number of benzene rings is 1. The monoisotopic (exact) mass is 384 g/mol. The van der Waals surface area contributed by atoms with Crippen LogP contribution < -0.4 is 23.2 Å². The average Bonchev–Trinajstić information content (AvgIpc) is 3.16. The molecule has 1 saturated heterocycles. The first-order chi connectivity index (χ1) is 11.9. The van der Waals surface area contributed by atoms with Gasteiger partial charge in [-0.15, -0.1) is 10.2 Å². The van der Waals surface area contributed by atoms with Crippen LogP contribution in [0.15, 0.2) is 30.0 Å². The van der Waals surface area contributed by atoms with Gasteiger partial charge in [0.1, 0.15) is 11.2 Å². The second-order valence-corrected chi connectivity index (χ2v) is 7.90. The van der Waals surface area contributed by atoms with Crippen LogP contribution in [0.5, 0.6) is 0 Å². The van der Waals surface area contributed by atoms with Crippen molar-refractivity contribution in [3.8, 4) is 0 Å². The van der Waals surface area contributed by atoms with Gasteiger partial charge in [0.05, 0.1) is 5.57 Å². The lowest BCUT2D eigenvalue weighted by molar-refractivity contribution is -2.00. The molecule has 2 aliphatic heterocycles. The van der Waals surface area contributed by atoms with Crippen LogP contribution >= 0.6 is 11.3 Å². The molecule has 6 nitrogen and oxygen atoms in total. The van der Waals surface area contributed by atoms with E-state index in [-0.39, 0.29) is 0 Å². The van der Waals surface area contributed by atoms with Crippen molar-refractivity contribution in [2.75, 3.05) is 13.1 Å². The third-order valence-corrected chi connectivity index (χ3v) is 5.83. The number of para-hydroxylation sites is 1. The minimum Gasteiger partial charge on any atom is -0.374 e. The highest BCUT2D eigenvalue weighted by molar-refractivity contribution is 7.19. The van der Waals surface area contributed by atoms with Gasteiger partial charge in [0.2, 0.25) is 5.52 Å². The molecule has 1 aromatic heterocycles. The molecule has 1 fully saturated rings. The fourth-order valence-electron chi connectivity index (χ4n) is 3.71. The Labute approximate surface area is 153 Å². The number of nitrogens with zero attached hydrogens (tertiary/aromatic N) is 2. The molecule has 0 amide bonds. The molecule has 0 aliphatic carbocycles. The zero-order chi connectivity index (χ0) is 18.0. The van der Waals surface area contributed by atoms with Gasteiger partial charge >= 0.3 is 0 Å². The number of rotatable bonds is 2. The molecule has 0 radical (unpaired) electrons. The minimum absolute atomic E-state index is 1.07. The lowest BCUT2D eigenvalue weighted by atomic mass is 10.0. The summed E-state index contributed by atoms with van der Waals surface area (Å²) in [6.07, 6.45) is 5.21. The molecule has 3 heterocycles. The van der Waals surface area contributed by atoms with Crippen LogP contribution in [-0.2, 0) is 6.54 Å². The first kappa shape index (κ1) is 18.6. The Morgan fingerprint density at radius 2 is 1.72 bits per heavy atom. The third-order valence-electron chi connectivity index (χ3n) is 4.61. The highest BCUT2D eigenvalue weighted by Crippen LogP contribution is 2.38. The first-order valence-electron chi connectivity index (χ1n) is 8.39. The summed E-state index contributed by atoms with van der Waals surface area (Å²) in [6.45, 7) is 5.88. The normalized spacial score (nSPS) is 17.6. The molecule has 25 heavy (non-hydrogen) atoms. The Balaban J connectivity index is 0.000000324. The molecule has 2 aliphatic rings. The third kappa shape index (κ3) is 4.31. The fraction of sp³-hybridized carbons (Fsp3) is 0.471. The Bertz CT molecular complexity index is 779. The molecule has 0 N–H and O–H groups in total. The molecule has 2 aromatic rings. The Hall–Kier alpha value is -1.22. The minimum atomic E-state index is -4.94. The maximum atomic E-state index is 8.49. The summed E-state index contributed by atoms with van der Waals surface area (Å²) in [7, 11) is -4.94. The molecule has 4 rings (SSSR count). The van der Waals surface area contributed by atoms with E-state index in [9.17, 15) is 0 Å². The van der Waals surface area contributed by atoms with Crippen LogP contribution in [0, 0.1) is 10.2 Å². The van der Waals surface area contributed by atoms with E-state index in [4.69, 9.17) is 18.6 Å². The SMILES string of the molecule is CC[n+]1c(C2=C3CCCN3CCC2)sc2ccccc21.[O-][Cl+3]([O-])([O-])[O-]. The van der Waals surface area contributed by atoms with E-state index in [1.54, 1.807) is 11.3 Å². The van der Waals surface area contributed by atoms with Gasteiger partial charge in [0.15, 0.2) is 0 Å². The van der Waals surface area contributed by atoms with E-state index in [0.29, 0.717) is 0 Å². The van der Waals surface area contributed by atoms with Crippen LogP contribution in [0.2, 0.25) is 0 Å². The largest absolute Gasteiger partial charge is 0.374 e. The number of halogens is 1. The van der Waals surface area contributed by atoms with Gasteiger partial charge in [-0.05, 0) is 38.7 Å². The number of thiazole rings is 1. The van der Waals surface area contributed by atoms with Crippen molar-refractivity contribution in [3.63, 3.8) is 0 Å². The summed E-state index contributed by atoms with van der Waals surface area (Å²) in [5, 5.41) is 1.51. The van der Waals surface area contributed by atoms with Crippen LogP contribution in [0.3, 0.4) is 0 Å². The number of hydrogen-bond acceptors (Lipinski definition) is 6. The van der Waals surface area contributed by atoms with Crippen LogP contribution in [0.1, 0.15) is 37.6 Å². The van der Waals surface area contributed by atoms with Crippen LogP contribution in [0.4, 0.5) is 0 Å². The molecule has 1 aromatic carbocycles. The van der Waals surface area contributed by atoms with Gasteiger partial charge in [-0.1, -0.05) is 23.5 Å². The molecule has 8 heteroatoms. The smallest absolute Gasteiger partial charge is 0.267 e. The number of allylic oxidation sites excluding steroid dienone is 2. The second kappa shape index (κ2) is 7.57. The molecule has 0 saturated carbocycles. The van der Waals surface area contributed by atoms with Gasteiger partial charge in [-0.25, -0.2) is 18.6 Å². The van der Waals surface area contributed by atoms with Crippen LogP contribution in [0.25, 0.3) is 15.8 Å². The summed E-state index contributed by atoms with van der Waals surface area (Å²) < 4.78 is 37.9. The van der Waals surface area contributed by atoms with Crippen molar-refractivity contribution in [1.82, 2.24) is 4.90 Å². The molecular formula is C17H21ClN2O4S. The van der Waals surface area contributed by atoms with E-state index < -0.39 is 10.2 Å². The quantitative estimate of drug-likeness (QED) is 0.622. The highest BCUT2D eigenvalue weighted by Gasteiger charge is 2.31. The maximum Gasteiger partial charge on any atom is 0.267 e. The standard InChI is InChI=1S/C17H21N2S.ClHO4/c1-2-19-15-8-3-4-10-16(15)20-17(19)13-7-5-11-18-12-6-9-14(13)18;2-1(3,4)5/h3-4,8,10H,2,5-7,9,11-12H2,1H3;(H,2,3,4,5)/q+1;/p-1. The van der Waals surface area contributed by atoms with Crippen molar-refractivity contribution in [1.29, 1.82) is 0 Å². The zero-order valence-electron chi connectivity index (χ0n) is 14.1. The number of fused-ring (bicyclic) bond motifs is 2. The lowest BCUT2D eigenvalue weighted by Gasteiger charge is -2.26. The van der Waals surface area contributed by atoms with E-state index >= 15 is 0 Å². The van der Waals surface area contributed by atoms with Crippen molar-refractivity contribution in [3.05, 3.63) is 35.0 Å². The molecule has 0 spiro atoms. The van der Waals surface area contributed by atoms with Crippen molar-refractivity contribution in [2.24, 2.45) is 0 Å². The average molecular weight is 385 g/mol. The van der Waals surface area contributed by atoms with E-state index in [0.717, 1.165) is 6.54 Å². The Kier molecular flexibility index (Phi) is 5.62. The summed E-state index contributed by atoms with van der Waals surface area (Å²) in [5.74, 6) is 0. The van der Waals surface area contributed by atoms with E-state index in [2.05, 4.69) is 40.7 Å². The van der Waals surface area contributed by atoms with Crippen molar-refractivity contribution < 1.29 is 33.4 Å². The van der Waals surface area contributed by atoms with Gasteiger partial charge < -0.3 is 4.90 Å². The second-order valence-electron chi connectivity index (χ2n) is 6.12.